The van der Waals surface area contributed by atoms with Gasteiger partial charge in [-0.05, 0) is 88.4 Å². The first-order chi connectivity index (χ1) is 12.8. The molecule has 1 aromatic carbocycles. The zero-order chi connectivity index (χ0) is 17.8. The second kappa shape index (κ2) is 8.26. The largest absolute Gasteiger partial charge is 0.486 e. The molecule has 26 heavy (non-hydrogen) atoms. The highest BCUT2D eigenvalue weighted by molar-refractivity contribution is 5.94. The summed E-state index contributed by atoms with van der Waals surface area (Å²) in [5.41, 5.74) is 0.782. The van der Waals surface area contributed by atoms with Crippen LogP contribution < -0.4 is 4.74 Å². The van der Waals surface area contributed by atoms with Crippen LogP contribution in [0.2, 0.25) is 0 Å². The van der Waals surface area contributed by atoms with E-state index in [1.54, 1.807) is 0 Å². The molecule has 4 heteroatoms. The molecule has 4 rings (SSSR count). The van der Waals surface area contributed by atoms with Crippen LogP contribution in [0.15, 0.2) is 36.4 Å². The second-order valence-electron chi connectivity index (χ2n) is 7.84. The monoisotopic (exact) mass is 354 g/mol. The number of carbonyl (C=O) groups excluding carboxylic acids is 1. The molecule has 2 fully saturated rings. The van der Waals surface area contributed by atoms with E-state index >= 15 is 0 Å². The van der Waals surface area contributed by atoms with E-state index in [9.17, 15) is 4.79 Å². The number of likely N-dealkylation sites (tertiary alicyclic amines) is 2. The van der Waals surface area contributed by atoms with Gasteiger partial charge in [-0.2, -0.15) is 0 Å². The molecule has 0 spiro atoms. The fraction of sp³-hybridized carbons (Fsp3) is 0.591. The summed E-state index contributed by atoms with van der Waals surface area (Å²) in [6.45, 7) is 4.32. The molecule has 1 aliphatic carbocycles. The molecule has 0 bridgehead atoms. The summed E-state index contributed by atoms with van der Waals surface area (Å²) in [5, 5.41) is 0. The van der Waals surface area contributed by atoms with E-state index in [1.807, 2.05) is 24.3 Å². The van der Waals surface area contributed by atoms with E-state index in [0.717, 1.165) is 50.1 Å². The number of carbonyl (C=O) groups is 1. The Kier molecular flexibility index (Phi) is 5.59. The van der Waals surface area contributed by atoms with Crippen LogP contribution in [-0.2, 0) is 0 Å². The first-order valence-corrected chi connectivity index (χ1v) is 10.3. The van der Waals surface area contributed by atoms with Crippen LogP contribution >= 0.6 is 0 Å². The van der Waals surface area contributed by atoms with Crippen molar-refractivity contribution in [1.82, 2.24) is 9.80 Å². The maximum Gasteiger partial charge on any atom is 0.254 e. The summed E-state index contributed by atoms with van der Waals surface area (Å²) in [4.78, 5) is 17.6. The molecule has 3 aliphatic rings. The lowest BCUT2D eigenvalue weighted by Gasteiger charge is -2.28. The maximum absolute atomic E-state index is 13.0. The smallest absolute Gasteiger partial charge is 0.254 e. The third kappa shape index (κ3) is 4.12. The topological polar surface area (TPSA) is 32.8 Å². The Bertz CT molecular complexity index is 634. The van der Waals surface area contributed by atoms with Gasteiger partial charge < -0.3 is 14.5 Å². The molecule has 2 heterocycles. The molecule has 2 unspecified atom stereocenters. The van der Waals surface area contributed by atoms with Gasteiger partial charge in [0.15, 0.2) is 0 Å². The summed E-state index contributed by atoms with van der Waals surface area (Å²) in [6, 6.07) is 8.12. The molecule has 1 amide bonds. The molecule has 2 saturated heterocycles. The number of ether oxygens (including phenoxy) is 1. The number of amides is 1. The van der Waals surface area contributed by atoms with Crippen LogP contribution in [0.3, 0.4) is 0 Å². The van der Waals surface area contributed by atoms with Crippen molar-refractivity contribution in [3.63, 3.8) is 0 Å². The van der Waals surface area contributed by atoms with Crippen LogP contribution in [-0.4, -0.2) is 54.0 Å². The first kappa shape index (κ1) is 17.6. The van der Waals surface area contributed by atoms with Gasteiger partial charge >= 0.3 is 0 Å². The van der Waals surface area contributed by atoms with Crippen LogP contribution in [0.25, 0.3) is 0 Å². The average molecular weight is 354 g/mol. The Hall–Kier alpha value is -1.81. The van der Waals surface area contributed by atoms with Crippen molar-refractivity contribution in [3.05, 3.63) is 42.0 Å². The molecule has 0 aromatic heterocycles. The molecular formula is C22H30N2O2. The van der Waals surface area contributed by atoms with E-state index in [4.69, 9.17) is 4.74 Å². The predicted octanol–water partition coefficient (Wildman–Crippen LogP) is 3.87. The Labute approximate surface area is 156 Å². The van der Waals surface area contributed by atoms with Crippen molar-refractivity contribution in [2.24, 2.45) is 0 Å². The predicted molar refractivity (Wildman–Crippen MR) is 104 cm³/mol. The van der Waals surface area contributed by atoms with Crippen LogP contribution in [0.5, 0.6) is 5.75 Å². The number of rotatable bonds is 5. The molecule has 2 atom stereocenters. The Morgan fingerprint density at radius 2 is 1.81 bits per heavy atom. The number of nitrogens with zero attached hydrogens (tertiary/aromatic N) is 2. The van der Waals surface area contributed by atoms with Crippen molar-refractivity contribution in [3.8, 4) is 5.75 Å². The van der Waals surface area contributed by atoms with Crippen molar-refractivity contribution >= 4 is 5.91 Å². The van der Waals surface area contributed by atoms with Crippen LogP contribution in [0.4, 0.5) is 0 Å². The molecule has 2 aliphatic heterocycles. The molecule has 1 aromatic rings. The van der Waals surface area contributed by atoms with E-state index in [1.165, 1.54) is 32.4 Å². The summed E-state index contributed by atoms with van der Waals surface area (Å²) >= 11 is 0. The standard InChI is InChI=1S/C22H30N2O2/c25-22(24-16-6-7-19(24)17-23-14-4-5-15-23)18-10-12-21(13-11-18)26-20-8-2-1-3-9-20/h2,8,10-13,19-20H,1,3-7,9,14-17H2. The minimum Gasteiger partial charge on any atom is -0.486 e. The molecule has 0 radical (unpaired) electrons. The fourth-order valence-electron chi connectivity index (χ4n) is 4.45. The summed E-state index contributed by atoms with van der Waals surface area (Å²) in [5.74, 6) is 1.03. The van der Waals surface area contributed by atoms with Gasteiger partial charge in [0.05, 0.1) is 0 Å². The molecule has 0 saturated carbocycles. The minimum absolute atomic E-state index is 0.175. The van der Waals surface area contributed by atoms with Gasteiger partial charge in [0.1, 0.15) is 11.9 Å². The van der Waals surface area contributed by atoms with Gasteiger partial charge in [-0.3, -0.25) is 4.79 Å². The first-order valence-electron chi connectivity index (χ1n) is 10.3. The van der Waals surface area contributed by atoms with Gasteiger partial charge in [0.25, 0.3) is 5.91 Å². The van der Waals surface area contributed by atoms with Gasteiger partial charge in [-0.15, -0.1) is 0 Å². The van der Waals surface area contributed by atoms with Crippen LogP contribution in [0, 0.1) is 0 Å². The van der Waals surface area contributed by atoms with Crippen molar-refractivity contribution in [2.75, 3.05) is 26.2 Å². The number of hydrogen-bond acceptors (Lipinski definition) is 3. The highest BCUT2D eigenvalue weighted by atomic mass is 16.5. The minimum atomic E-state index is 0.175. The molecule has 0 N–H and O–H groups in total. The lowest BCUT2D eigenvalue weighted by Crippen LogP contribution is -2.42. The summed E-state index contributed by atoms with van der Waals surface area (Å²) in [7, 11) is 0. The Balaban J connectivity index is 1.37. The lowest BCUT2D eigenvalue weighted by molar-refractivity contribution is 0.0708. The quantitative estimate of drug-likeness (QED) is 0.753. The molecule has 140 valence electrons. The third-order valence-electron chi connectivity index (χ3n) is 5.90. The lowest BCUT2D eigenvalue weighted by atomic mass is 10.1. The van der Waals surface area contributed by atoms with Crippen molar-refractivity contribution in [1.29, 1.82) is 0 Å². The van der Waals surface area contributed by atoms with Gasteiger partial charge in [0.2, 0.25) is 0 Å². The average Bonchev–Trinajstić information content (AvgIpc) is 3.35. The zero-order valence-electron chi connectivity index (χ0n) is 15.6. The van der Waals surface area contributed by atoms with Gasteiger partial charge in [0, 0.05) is 24.7 Å². The Morgan fingerprint density at radius 3 is 2.54 bits per heavy atom. The maximum atomic E-state index is 13.0. The van der Waals surface area contributed by atoms with Crippen molar-refractivity contribution in [2.45, 2.75) is 57.1 Å². The van der Waals surface area contributed by atoms with E-state index in [0.29, 0.717) is 6.04 Å². The number of benzene rings is 1. The summed E-state index contributed by atoms with van der Waals surface area (Å²) < 4.78 is 6.01. The van der Waals surface area contributed by atoms with Gasteiger partial charge in [-0.1, -0.05) is 6.08 Å². The summed E-state index contributed by atoms with van der Waals surface area (Å²) in [6.07, 6.45) is 12.8. The van der Waals surface area contributed by atoms with Crippen LogP contribution in [0.1, 0.15) is 55.3 Å². The fourth-order valence-corrected chi connectivity index (χ4v) is 4.45. The van der Waals surface area contributed by atoms with Crippen molar-refractivity contribution < 1.29 is 9.53 Å². The van der Waals surface area contributed by atoms with E-state index in [-0.39, 0.29) is 12.0 Å². The number of hydrogen-bond donors (Lipinski definition) is 0. The molecule has 4 nitrogen and oxygen atoms in total. The van der Waals surface area contributed by atoms with E-state index in [2.05, 4.69) is 22.0 Å². The van der Waals surface area contributed by atoms with E-state index < -0.39 is 0 Å². The van der Waals surface area contributed by atoms with Gasteiger partial charge in [-0.25, -0.2) is 0 Å². The number of allylic oxidation sites excluding steroid dienone is 1. The molecular weight excluding hydrogens is 324 g/mol. The third-order valence-corrected chi connectivity index (χ3v) is 5.90. The zero-order valence-corrected chi connectivity index (χ0v) is 15.6. The second-order valence-corrected chi connectivity index (χ2v) is 7.84. The highest BCUT2D eigenvalue weighted by Gasteiger charge is 2.31. The highest BCUT2D eigenvalue weighted by Crippen LogP contribution is 2.24. The Morgan fingerprint density at radius 1 is 1.00 bits per heavy atom. The SMILES string of the molecule is O=C(c1ccc(OC2C=CCCC2)cc1)N1CCCC1CN1CCCC1. The normalized spacial score (nSPS) is 26.4.